The van der Waals surface area contributed by atoms with Crippen molar-refractivity contribution in [2.45, 2.75) is 32.6 Å². The highest BCUT2D eigenvalue weighted by molar-refractivity contribution is 5.76. The van der Waals surface area contributed by atoms with Crippen molar-refractivity contribution in [1.82, 2.24) is 5.32 Å². The summed E-state index contributed by atoms with van der Waals surface area (Å²) >= 11 is 0. The van der Waals surface area contributed by atoms with Gasteiger partial charge in [0, 0.05) is 13.0 Å². The van der Waals surface area contributed by atoms with Crippen molar-refractivity contribution >= 4 is 5.91 Å². The molecule has 1 saturated heterocycles. The Morgan fingerprint density at radius 3 is 3.10 bits per heavy atom. The monoisotopic (exact) mass is 141 g/mol. The lowest BCUT2D eigenvalue weighted by molar-refractivity contribution is -0.122. The SMILES string of the molecule is CC1CCCCNC(=O)C1. The summed E-state index contributed by atoms with van der Waals surface area (Å²) in [4.78, 5) is 10.9. The van der Waals surface area contributed by atoms with Gasteiger partial charge in [0.05, 0.1) is 0 Å². The fraction of sp³-hybridized carbons (Fsp3) is 0.875. The maximum atomic E-state index is 10.9. The van der Waals surface area contributed by atoms with Gasteiger partial charge in [0.25, 0.3) is 0 Å². The molecule has 0 aromatic heterocycles. The fourth-order valence-corrected chi connectivity index (χ4v) is 1.34. The lowest BCUT2D eigenvalue weighted by Gasteiger charge is -2.14. The molecule has 1 aliphatic heterocycles. The van der Waals surface area contributed by atoms with Crippen LogP contribution < -0.4 is 5.32 Å². The van der Waals surface area contributed by atoms with Gasteiger partial charge in [-0.1, -0.05) is 19.8 Å². The van der Waals surface area contributed by atoms with Gasteiger partial charge in [0.2, 0.25) is 5.91 Å². The van der Waals surface area contributed by atoms with Crippen molar-refractivity contribution < 1.29 is 4.79 Å². The summed E-state index contributed by atoms with van der Waals surface area (Å²) < 4.78 is 0. The van der Waals surface area contributed by atoms with E-state index in [2.05, 4.69) is 12.2 Å². The molecular weight excluding hydrogens is 126 g/mol. The molecule has 1 aliphatic rings. The minimum Gasteiger partial charge on any atom is -0.356 e. The molecule has 1 amide bonds. The lowest BCUT2D eigenvalue weighted by Crippen LogP contribution is -2.27. The summed E-state index contributed by atoms with van der Waals surface area (Å²) in [5, 5.41) is 2.88. The smallest absolute Gasteiger partial charge is 0.220 e. The molecule has 0 spiro atoms. The van der Waals surface area contributed by atoms with Crippen LogP contribution in [0.1, 0.15) is 32.6 Å². The highest BCUT2D eigenvalue weighted by Crippen LogP contribution is 2.13. The molecule has 2 heteroatoms. The summed E-state index contributed by atoms with van der Waals surface area (Å²) in [5.74, 6) is 0.812. The number of nitrogens with one attached hydrogen (secondary N) is 1. The Balaban J connectivity index is 2.32. The molecule has 1 heterocycles. The number of amides is 1. The Labute approximate surface area is 62.0 Å². The van der Waals surface area contributed by atoms with E-state index in [4.69, 9.17) is 0 Å². The van der Waals surface area contributed by atoms with E-state index in [9.17, 15) is 4.79 Å². The van der Waals surface area contributed by atoms with Gasteiger partial charge in [0.15, 0.2) is 0 Å². The first-order valence-electron chi connectivity index (χ1n) is 4.06. The highest BCUT2D eigenvalue weighted by atomic mass is 16.1. The van der Waals surface area contributed by atoms with Crippen molar-refractivity contribution in [3.05, 3.63) is 0 Å². The zero-order chi connectivity index (χ0) is 7.40. The van der Waals surface area contributed by atoms with Crippen LogP contribution in [-0.2, 0) is 4.79 Å². The Kier molecular flexibility index (Phi) is 2.72. The number of hydrogen-bond acceptors (Lipinski definition) is 1. The van der Waals surface area contributed by atoms with E-state index in [1.165, 1.54) is 12.8 Å². The van der Waals surface area contributed by atoms with Gasteiger partial charge in [0.1, 0.15) is 0 Å². The molecule has 0 bridgehead atoms. The normalized spacial score (nSPS) is 28.5. The van der Waals surface area contributed by atoms with Gasteiger partial charge in [-0.3, -0.25) is 4.79 Å². The molecule has 0 aromatic rings. The Morgan fingerprint density at radius 2 is 2.30 bits per heavy atom. The van der Waals surface area contributed by atoms with Gasteiger partial charge < -0.3 is 5.32 Å². The molecule has 0 aromatic carbocycles. The molecule has 1 unspecified atom stereocenters. The van der Waals surface area contributed by atoms with Crippen molar-refractivity contribution in [3.63, 3.8) is 0 Å². The van der Waals surface area contributed by atoms with Crippen LogP contribution in [0.3, 0.4) is 0 Å². The van der Waals surface area contributed by atoms with E-state index in [1.807, 2.05) is 0 Å². The minimum absolute atomic E-state index is 0.229. The van der Waals surface area contributed by atoms with Crippen LogP contribution in [0, 0.1) is 5.92 Å². The Bertz CT molecular complexity index is 122. The second-order valence-electron chi connectivity index (χ2n) is 3.16. The van der Waals surface area contributed by atoms with Crippen molar-refractivity contribution in [2.75, 3.05) is 6.54 Å². The molecule has 1 rings (SSSR count). The van der Waals surface area contributed by atoms with Crippen LogP contribution in [0.15, 0.2) is 0 Å². The summed E-state index contributed by atoms with van der Waals surface area (Å²) in [6, 6.07) is 0. The zero-order valence-electron chi connectivity index (χ0n) is 6.52. The Hall–Kier alpha value is -0.530. The molecule has 10 heavy (non-hydrogen) atoms. The molecule has 0 aliphatic carbocycles. The van der Waals surface area contributed by atoms with Crippen LogP contribution in [0.4, 0.5) is 0 Å². The average Bonchev–Trinajstić information content (AvgIpc) is 1.83. The summed E-state index contributed by atoms with van der Waals surface area (Å²) in [6.45, 7) is 3.02. The van der Waals surface area contributed by atoms with Gasteiger partial charge in [-0.2, -0.15) is 0 Å². The van der Waals surface area contributed by atoms with Crippen LogP contribution in [0.5, 0.6) is 0 Å². The number of hydrogen-bond donors (Lipinski definition) is 1. The second-order valence-corrected chi connectivity index (χ2v) is 3.16. The first kappa shape index (κ1) is 7.58. The minimum atomic E-state index is 0.229. The van der Waals surface area contributed by atoms with E-state index < -0.39 is 0 Å². The van der Waals surface area contributed by atoms with Gasteiger partial charge in [-0.05, 0) is 12.3 Å². The summed E-state index contributed by atoms with van der Waals surface area (Å²) in [6.07, 6.45) is 4.35. The standard InChI is InChI=1S/C8H15NO/c1-7-4-2-3-5-9-8(10)6-7/h7H,2-6H2,1H3,(H,9,10). The third-order valence-corrected chi connectivity index (χ3v) is 1.98. The fourth-order valence-electron chi connectivity index (χ4n) is 1.34. The van der Waals surface area contributed by atoms with Crippen LogP contribution >= 0.6 is 0 Å². The molecule has 58 valence electrons. The van der Waals surface area contributed by atoms with Crippen molar-refractivity contribution in [2.24, 2.45) is 5.92 Å². The summed E-state index contributed by atoms with van der Waals surface area (Å²) in [5.41, 5.74) is 0. The van der Waals surface area contributed by atoms with E-state index in [1.54, 1.807) is 0 Å². The maximum Gasteiger partial charge on any atom is 0.220 e. The highest BCUT2D eigenvalue weighted by Gasteiger charge is 2.10. The molecule has 1 atom stereocenters. The lowest BCUT2D eigenvalue weighted by atomic mass is 9.98. The quantitative estimate of drug-likeness (QED) is 0.541. The number of carbonyl (C=O) groups excluding carboxylic acids is 1. The topological polar surface area (TPSA) is 29.1 Å². The molecular formula is C8H15NO. The average molecular weight is 141 g/mol. The van der Waals surface area contributed by atoms with E-state index >= 15 is 0 Å². The second kappa shape index (κ2) is 3.59. The van der Waals surface area contributed by atoms with Crippen LogP contribution in [-0.4, -0.2) is 12.5 Å². The number of rotatable bonds is 0. The van der Waals surface area contributed by atoms with Crippen LogP contribution in [0.25, 0.3) is 0 Å². The van der Waals surface area contributed by atoms with Crippen molar-refractivity contribution in [1.29, 1.82) is 0 Å². The zero-order valence-corrected chi connectivity index (χ0v) is 6.52. The first-order chi connectivity index (χ1) is 4.79. The molecule has 0 radical (unpaired) electrons. The van der Waals surface area contributed by atoms with E-state index in [-0.39, 0.29) is 5.91 Å². The van der Waals surface area contributed by atoms with Crippen LogP contribution in [0.2, 0.25) is 0 Å². The third-order valence-electron chi connectivity index (χ3n) is 1.98. The van der Waals surface area contributed by atoms with E-state index in [0.717, 1.165) is 19.4 Å². The van der Waals surface area contributed by atoms with Gasteiger partial charge in [-0.25, -0.2) is 0 Å². The summed E-state index contributed by atoms with van der Waals surface area (Å²) in [7, 11) is 0. The molecule has 0 saturated carbocycles. The largest absolute Gasteiger partial charge is 0.356 e. The molecule has 1 fully saturated rings. The third kappa shape index (κ3) is 2.38. The molecule has 1 N–H and O–H groups in total. The van der Waals surface area contributed by atoms with Crippen molar-refractivity contribution in [3.8, 4) is 0 Å². The predicted octanol–water partition coefficient (Wildman–Crippen LogP) is 1.31. The number of carbonyl (C=O) groups is 1. The molecule has 2 nitrogen and oxygen atoms in total. The van der Waals surface area contributed by atoms with E-state index in [0.29, 0.717) is 5.92 Å². The van der Waals surface area contributed by atoms with Gasteiger partial charge in [-0.15, -0.1) is 0 Å². The maximum absolute atomic E-state index is 10.9. The first-order valence-corrected chi connectivity index (χ1v) is 4.06. The van der Waals surface area contributed by atoms with Gasteiger partial charge >= 0.3 is 0 Å². The predicted molar refractivity (Wildman–Crippen MR) is 40.6 cm³/mol. The Morgan fingerprint density at radius 1 is 1.50 bits per heavy atom.